The highest BCUT2D eigenvalue weighted by Crippen LogP contribution is 2.29. The van der Waals surface area contributed by atoms with Gasteiger partial charge in [0.25, 0.3) is 0 Å². The molecule has 0 amide bonds. The predicted octanol–water partition coefficient (Wildman–Crippen LogP) is 1.35. The number of anilines is 1. The first kappa shape index (κ1) is 11.9. The summed E-state index contributed by atoms with van der Waals surface area (Å²) in [5, 5.41) is 3.46. The molecule has 4 heteroatoms. The minimum absolute atomic E-state index is 0.0153. The van der Waals surface area contributed by atoms with Crippen molar-refractivity contribution >= 4 is 5.69 Å². The van der Waals surface area contributed by atoms with Crippen molar-refractivity contribution in [1.82, 2.24) is 10.3 Å². The Morgan fingerprint density at radius 1 is 1.44 bits per heavy atom. The minimum Gasteiger partial charge on any atom is -0.371 e. The van der Waals surface area contributed by atoms with Crippen molar-refractivity contribution < 1.29 is 4.74 Å². The number of aryl methyl sites for hydroxylation is 1. The molecule has 1 aromatic heterocycles. The lowest BCUT2D eigenvalue weighted by atomic mass is 9.91. The normalized spacial score (nSPS) is 28.6. The Morgan fingerprint density at radius 2 is 2.39 bits per heavy atom. The molecule has 3 rings (SSSR count). The molecule has 3 heterocycles. The number of nitrogens with zero attached hydrogens (tertiary/aromatic N) is 2. The summed E-state index contributed by atoms with van der Waals surface area (Å²) < 4.78 is 6.06. The molecule has 4 nitrogen and oxygen atoms in total. The lowest BCUT2D eigenvalue weighted by Gasteiger charge is -2.45. The van der Waals surface area contributed by atoms with Crippen LogP contribution in [0.15, 0.2) is 18.3 Å². The third kappa shape index (κ3) is 2.35. The molecule has 1 atom stereocenters. The van der Waals surface area contributed by atoms with Crippen LogP contribution in [-0.2, 0) is 4.74 Å². The first-order chi connectivity index (χ1) is 8.77. The van der Waals surface area contributed by atoms with Gasteiger partial charge in [-0.2, -0.15) is 0 Å². The van der Waals surface area contributed by atoms with E-state index in [9.17, 15) is 0 Å². The van der Waals surface area contributed by atoms with Gasteiger partial charge < -0.3 is 15.0 Å². The molecule has 98 valence electrons. The van der Waals surface area contributed by atoms with Crippen molar-refractivity contribution in [2.75, 3.05) is 37.7 Å². The quantitative estimate of drug-likeness (QED) is 0.813. The van der Waals surface area contributed by atoms with Crippen LogP contribution in [-0.4, -0.2) is 43.4 Å². The Bertz CT molecular complexity index is 392. The molecule has 1 aromatic rings. The van der Waals surface area contributed by atoms with Gasteiger partial charge in [0.05, 0.1) is 24.1 Å². The van der Waals surface area contributed by atoms with Gasteiger partial charge in [0.2, 0.25) is 0 Å². The Morgan fingerprint density at radius 3 is 3.11 bits per heavy atom. The third-order valence-corrected chi connectivity index (χ3v) is 3.93. The topological polar surface area (TPSA) is 37.4 Å². The number of rotatable bonds is 1. The molecule has 1 spiro atoms. The molecule has 2 aliphatic heterocycles. The van der Waals surface area contributed by atoms with E-state index in [-0.39, 0.29) is 5.60 Å². The second-order valence-electron chi connectivity index (χ2n) is 5.39. The number of ether oxygens (including phenoxy) is 1. The van der Waals surface area contributed by atoms with E-state index in [0.717, 1.165) is 44.9 Å². The van der Waals surface area contributed by atoms with Crippen molar-refractivity contribution in [3.63, 3.8) is 0 Å². The van der Waals surface area contributed by atoms with Crippen molar-refractivity contribution in [3.8, 4) is 0 Å². The summed E-state index contributed by atoms with van der Waals surface area (Å²) in [6.45, 7) is 6.90. The largest absolute Gasteiger partial charge is 0.371 e. The molecular formula is C14H21N3O. The second kappa shape index (κ2) is 4.86. The van der Waals surface area contributed by atoms with Gasteiger partial charge in [0, 0.05) is 31.9 Å². The summed E-state index contributed by atoms with van der Waals surface area (Å²) in [7, 11) is 0. The number of pyridine rings is 1. The number of nitrogens with one attached hydrogen (secondary N) is 1. The molecule has 0 aliphatic carbocycles. The summed E-state index contributed by atoms with van der Waals surface area (Å²) >= 11 is 0. The maximum Gasteiger partial charge on any atom is 0.0981 e. The van der Waals surface area contributed by atoms with E-state index in [2.05, 4.69) is 27.3 Å². The molecule has 1 N–H and O–H groups in total. The van der Waals surface area contributed by atoms with Crippen LogP contribution in [0.5, 0.6) is 0 Å². The number of aromatic nitrogens is 1. The Balaban J connectivity index is 1.75. The van der Waals surface area contributed by atoms with Crippen LogP contribution in [0.4, 0.5) is 5.69 Å². The van der Waals surface area contributed by atoms with Crippen molar-refractivity contribution in [2.24, 2.45) is 0 Å². The zero-order valence-electron chi connectivity index (χ0n) is 11.0. The lowest BCUT2D eigenvalue weighted by Crippen LogP contribution is -2.58. The van der Waals surface area contributed by atoms with E-state index < -0.39 is 0 Å². The molecule has 0 bridgehead atoms. The van der Waals surface area contributed by atoms with Gasteiger partial charge in [-0.05, 0) is 31.9 Å². The maximum atomic E-state index is 6.06. The summed E-state index contributed by atoms with van der Waals surface area (Å²) in [5.41, 5.74) is 2.30. The number of hydrogen-bond donors (Lipinski definition) is 1. The van der Waals surface area contributed by atoms with E-state index in [0.29, 0.717) is 0 Å². The molecule has 0 radical (unpaired) electrons. The summed E-state index contributed by atoms with van der Waals surface area (Å²) in [6.07, 6.45) is 4.33. The van der Waals surface area contributed by atoms with E-state index in [1.165, 1.54) is 12.1 Å². The molecule has 0 saturated carbocycles. The highest BCUT2D eigenvalue weighted by molar-refractivity contribution is 5.45. The van der Waals surface area contributed by atoms with Crippen LogP contribution in [0.3, 0.4) is 0 Å². The number of hydrogen-bond acceptors (Lipinski definition) is 4. The van der Waals surface area contributed by atoms with Gasteiger partial charge in [0.15, 0.2) is 0 Å². The van der Waals surface area contributed by atoms with Crippen LogP contribution in [0.25, 0.3) is 0 Å². The second-order valence-corrected chi connectivity index (χ2v) is 5.39. The van der Waals surface area contributed by atoms with Crippen LogP contribution in [0, 0.1) is 6.92 Å². The van der Waals surface area contributed by atoms with Crippen LogP contribution in [0.2, 0.25) is 0 Å². The highest BCUT2D eigenvalue weighted by atomic mass is 16.5. The summed E-state index contributed by atoms with van der Waals surface area (Å²) in [6, 6.07) is 4.24. The van der Waals surface area contributed by atoms with Crippen LogP contribution in [0.1, 0.15) is 18.5 Å². The van der Waals surface area contributed by atoms with E-state index in [1.807, 2.05) is 13.1 Å². The third-order valence-electron chi connectivity index (χ3n) is 3.93. The van der Waals surface area contributed by atoms with Gasteiger partial charge in [-0.25, -0.2) is 0 Å². The van der Waals surface area contributed by atoms with E-state index in [4.69, 9.17) is 4.74 Å². The Labute approximate surface area is 108 Å². The van der Waals surface area contributed by atoms with Crippen molar-refractivity contribution in [1.29, 1.82) is 0 Å². The predicted molar refractivity (Wildman–Crippen MR) is 72.0 cm³/mol. The minimum atomic E-state index is 0.0153. The fourth-order valence-electron chi connectivity index (χ4n) is 2.93. The first-order valence-corrected chi connectivity index (χ1v) is 6.80. The fraction of sp³-hybridized carbons (Fsp3) is 0.643. The van der Waals surface area contributed by atoms with E-state index in [1.54, 1.807) is 0 Å². The standard InChI is InChI=1S/C14H21N3O/c1-12-3-4-13(9-16-12)17-7-2-5-14(11-17)10-15-6-8-18-14/h3-4,9,15H,2,5-8,10-11H2,1H3/t14-/m1/s1. The first-order valence-electron chi connectivity index (χ1n) is 6.80. The lowest BCUT2D eigenvalue weighted by molar-refractivity contribution is -0.0725. The molecule has 2 aliphatic rings. The number of morpholine rings is 1. The molecule has 0 aromatic carbocycles. The smallest absolute Gasteiger partial charge is 0.0981 e. The fourth-order valence-corrected chi connectivity index (χ4v) is 2.93. The van der Waals surface area contributed by atoms with Crippen LogP contribution < -0.4 is 10.2 Å². The Hall–Kier alpha value is -1.13. The van der Waals surface area contributed by atoms with Crippen molar-refractivity contribution in [2.45, 2.75) is 25.4 Å². The van der Waals surface area contributed by atoms with E-state index >= 15 is 0 Å². The molecule has 0 unspecified atom stereocenters. The zero-order chi connectivity index (χ0) is 12.4. The van der Waals surface area contributed by atoms with Gasteiger partial charge >= 0.3 is 0 Å². The Kier molecular flexibility index (Phi) is 3.22. The summed E-state index contributed by atoms with van der Waals surface area (Å²) in [4.78, 5) is 6.80. The molecule has 18 heavy (non-hydrogen) atoms. The van der Waals surface area contributed by atoms with Crippen molar-refractivity contribution in [3.05, 3.63) is 24.0 Å². The molecule has 2 fully saturated rings. The van der Waals surface area contributed by atoms with Gasteiger partial charge in [-0.1, -0.05) is 0 Å². The average Bonchev–Trinajstić information content (AvgIpc) is 2.40. The number of piperidine rings is 1. The summed E-state index contributed by atoms with van der Waals surface area (Å²) in [5.74, 6) is 0. The average molecular weight is 247 g/mol. The maximum absolute atomic E-state index is 6.06. The van der Waals surface area contributed by atoms with Gasteiger partial charge in [0.1, 0.15) is 0 Å². The van der Waals surface area contributed by atoms with Gasteiger partial charge in [-0.3, -0.25) is 4.98 Å². The monoisotopic (exact) mass is 247 g/mol. The zero-order valence-corrected chi connectivity index (χ0v) is 11.0. The molecule has 2 saturated heterocycles. The van der Waals surface area contributed by atoms with Crippen LogP contribution >= 0.6 is 0 Å². The SMILES string of the molecule is Cc1ccc(N2CCC[C@@]3(CNCCO3)C2)cn1. The highest BCUT2D eigenvalue weighted by Gasteiger charge is 2.37. The molecular weight excluding hydrogens is 226 g/mol. The van der Waals surface area contributed by atoms with Gasteiger partial charge in [-0.15, -0.1) is 0 Å².